The molecule has 1 aromatic rings. The molecule has 0 radical (unpaired) electrons. The highest BCUT2D eigenvalue weighted by molar-refractivity contribution is 6.18. The lowest BCUT2D eigenvalue weighted by Crippen LogP contribution is -2.49. The summed E-state index contributed by atoms with van der Waals surface area (Å²) in [6.45, 7) is 5.19. The highest BCUT2D eigenvalue weighted by Crippen LogP contribution is 2.32. The van der Waals surface area contributed by atoms with Crippen LogP contribution in [0.25, 0.3) is 0 Å². The largest absolute Gasteiger partial charge is 0.304 e. The van der Waals surface area contributed by atoms with Gasteiger partial charge in [0.25, 0.3) is 0 Å². The Bertz CT molecular complexity index is 384. The van der Waals surface area contributed by atoms with Gasteiger partial charge < -0.3 is 5.32 Å². The molecule has 1 N–H and O–H groups in total. The third kappa shape index (κ3) is 3.46. The normalized spacial score (nSPS) is 28.3. The van der Waals surface area contributed by atoms with E-state index in [9.17, 15) is 0 Å². The summed E-state index contributed by atoms with van der Waals surface area (Å²) in [5.74, 6) is 1.55. The molecule has 3 heteroatoms. The molecular formula is C15H23ClN2. The van der Waals surface area contributed by atoms with Crippen LogP contribution in [0, 0.1) is 12.8 Å². The summed E-state index contributed by atoms with van der Waals surface area (Å²) in [5.41, 5.74) is 2.31. The molecule has 1 aliphatic carbocycles. The summed E-state index contributed by atoms with van der Waals surface area (Å²) in [6.07, 6.45) is 4.93. The second-order valence-corrected chi connectivity index (χ2v) is 5.99. The summed E-state index contributed by atoms with van der Waals surface area (Å²) < 4.78 is 0. The lowest BCUT2D eigenvalue weighted by Gasteiger charge is -2.39. The van der Waals surface area contributed by atoms with Gasteiger partial charge >= 0.3 is 0 Å². The number of pyridine rings is 1. The quantitative estimate of drug-likeness (QED) is 0.842. The van der Waals surface area contributed by atoms with E-state index in [2.05, 4.69) is 29.4 Å². The molecule has 0 bridgehead atoms. The Hall–Kier alpha value is -0.600. The first kappa shape index (κ1) is 13.8. The van der Waals surface area contributed by atoms with Crippen LogP contribution in [0.3, 0.4) is 0 Å². The number of nitrogens with one attached hydrogen (secondary N) is 1. The van der Waals surface area contributed by atoms with Gasteiger partial charge in [-0.25, -0.2) is 0 Å². The van der Waals surface area contributed by atoms with Gasteiger partial charge in [-0.2, -0.15) is 0 Å². The van der Waals surface area contributed by atoms with Crippen LogP contribution in [-0.2, 0) is 6.54 Å². The molecule has 0 aliphatic heterocycles. The van der Waals surface area contributed by atoms with Crippen molar-refractivity contribution in [3.63, 3.8) is 0 Å². The zero-order valence-corrected chi connectivity index (χ0v) is 12.1. The van der Waals surface area contributed by atoms with Crippen LogP contribution in [0.1, 0.15) is 44.0 Å². The Morgan fingerprint density at radius 2 is 2.11 bits per heavy atom. The Kier molecular flexibility index (Phi) is 4.63. The molecule has 1 aliphatic rings. The molecule has 18 heavy (non-hydrogen) atoms. The second-order valence-electron chi connectivity index (χ2n) is 5.72. The maximum atomic E-state index is 6.20. The third-order valence-electron chi connectivity index (χ3n) is 4.08. The van der Waals surface area contributed by atoms with Crippen molar-refractivity contribution in [3.05, 3.63) is 29.6 Å². The van der Waals surface area contributed by atoms with Gasteiger partial charge in [0.1, 0.15) is 0 Å². The average molecular weight is 267 g/mol. The zero-order valence-electron chi connectivity index (χ0n) is 11.4. The van der Waals surface area contributed by atoms with E-state index in [4.69, 9.17) is 11.6 Å². The van der Waals surface area contributed by atoms with Crippen LogP contribution in [0.15, 0.2) is 18.2 Å². The van der Waals surface area contributed by atoms with Crippen molar-refractivity contribution in [1.82, 2.24) is 10.3 Å². The minimum absolute atomic E-state index is 0.124. The number of hydrogen-bond donors (Lipinski definition) is 1. The van der Waals surface area contributed by atoms with Crippen LogP contribution >= 0.6 is 11.6 Å². The second kappa shape index (κ2) is 6.03. The van der Waals surface area contributed by atoms with E-state index in [1.165, 1.54) is 25.7 Å². The van der Waals surface area contributed by atoms with Crippen LogP contribution in [0.5, 0.6) is 0 Å². The number of nitrogens with zero attached hydrogens (tertiary/aromatic N) is 1. The van der Waals surface area contributed by atoms with Gasteiger partial charge in [0, 0.05) is 23.7 Å². The molecule has 100 valence electrons. The van der Waals surface area contributed by atoms with Crippen LogP contribution in [-0.4, -0.2) is 16.4 Å². The van der Waals surface area contributed by atoms with E-state index in [0.717, 1.165) is 23.9 Å². The molecule has 0 unspecified atom stereocenters. The van der Waals surface area contributed by atoms with Gasteiger partial charge in [0.2, 0.25) is 0 Å². The summed E-state index contributed by atoms with van der Waals surface area (Å²) in [7, 11) is 0. The molecule has 0 aromatic carbocycles. The number of alkyl halides is 1. The van der Waals surface area contributed by atoms with Gasteiger partial charge in [-0.15, -0.1) is 11.6 Å². The molecule has 2 rings (SSSR count). The fraction of sp³-hybridized carbons (Fsp3) is 0.667. The molecule has 1 saturated carbocycles. The predicted molar refractivity (Wildman–Crippen MR) is 76.9 cm³/mol. The molecule has 0 spiro atoms. The van der Waals surface area contributed by atoms with Crippen molar-refractivity contribution < 1.29 is 0 Å². The minimum atomic E-state index is 0.124. The molecule has 0 amide bonds. The van der Waals surface area contributed by atoms with Crippen molar-refractivity contribution in [2.24, 2.45) is 5.92 Å². The lowest BCUT2D eigenvalue weighted by atomic mass is 9.78. The standard InChI is InChI=1S/C15H23ClN2/c1-12-6-8-15(11-16,9-7-12)17-10-14-5-3-4-13(2)18-14/h3-5,12,17H,6-11H2,1-2H3. The fourth-order valence-corrected chi connectivity index (χ4v) is 3.01. The lowest BCUT2D eigenvalue weighted by molar-refractivity contribution is 0.215. The molecular weight excluding hydrogens is 244 g/mol. The topological polar surface area (TPSA) is 24.9 Å². The van der Waals surface area contributed by atoms with E-state index in [1.807, 2.05) is 13.0 Å². The van der Waals surface area contributed by atoms with Gasteiger partial charge in [0.15, 0.2) is 0 Å². The van der Waals surface area contributed by atoms with Gasteiger partial charge in [0.05, 0.1) is 5.69 Å². The van der Waals surface area contributed by atoms with Crippen molar-refractivity contribution in [1.29, 1.82) is 0 Å². The average Bonchev–Trinajstić information content (AvgIpc) is 2.39. The van der Waals surface area contributed by atoms with Crippen LogP contribution < -0.4 is 5.32 Å². The number of hydrogen-bond acceptors (Lipinski definition) is 2. The molecule has 1 fully saturated rings. The van der Waals surface area contributed by atoms with Crippen molar-refractivity contribution in [2.45, 2.75) is 51.6 Å². The van der Waals surface area contributed by atoms with E-state index < -0.39 is 0 Å². The SMILES string of the molecule is Cc1cccc(CNC2(CCl)CCC(C)CC2)n1. The predicted octanol–water partition coefficient (Wildman–Crippen LogP) is 3.67. The zero-order chi connectivity index (χ0) is 13.0. The maximum Gasteiger partial charge on any atom is 0.0545 e. The molecule has 0 atom stereocenters. The van der Waals surface area contributed by atoms with E-state index in [1.54, 1.807) is 0 Å². The van der Waals surface area contributed by atoms with Gasteiger partial charge in [-0.1, -0.05) is 13.0 Å². The maximum absolute atomic E-state index is 6.20. The Morgan fingerprint density at radius 1 is 1.39 bits per heavy atom. The first-order valence-electron chi connectivity index (χ1n) is 6.87. The highest BCUT2D eigenvalue weighted by atomic mass is 35.5. The minimum Gasteiger partial charge on any atom is -0.304 e. The Labute approximate surface area is 115 Å². The number of rotatable bonds is 4. The van der Waals surface area contributed by atoms with E-state index in [0.29, 0.717) is 5.88 Å². The monoisotopic (exact) mass is 266 g/mol. The summed E-state index contributed by atoms with van der Waals surface area (Å²) in [4.78, 5) is 4.53. The van der Waals surface area contributed by atoms with Crippen LogP contribution in [0.2, 0.25) is 0 Å². The van der Waals surface area contributed by atoms with Gasteiger partial charge in [-0.05, 0) is 50.7 Å². The van der Waals surface area contributed by atoms with Crippen molar-refractivity contribution >= 4 is 11.6 Å². The summed E-state index contributed by atoms with van der Waals surface area (Å²) >= 11 is 6.20. The van der Waals surface area contributed by atoms with Gasteiger partial charge in [-0.3, -0.25) is 4.98 Å². The van der Waals surface area contributed by atoms with Crippen molar-refractivity contribution in [3.8, 4) is 0 Å². The fourth-order valence-electron chi connectivity index (χ4n) is 2.65. The smallest absolute Gasteiger partial charge is 0.0545 e. The summed E-state index contributed by atoms with van der Waals surface area (Å²) in [5, 5.41) is 3.65. The Balaban J connectivity index is 1.95. The highest BCUT2D eigenvalue weighted by Gasteiger charge is 2.32. The van der Waals surface area contributed by atoms with Crippen molar-refractivity contribution in [2.75, 3.05) is 5.88 Å². The number of aromatic nitrogens is 1. The first-order valence-corrected chi connectivity index (χ1v) is 7.40. The van der Waals surface area contributed by atoms with E-state index in [-0.39, 0.29) is 5.54 Å². The number of halogens is 1. The Morgan fingerprint density at radius 3 is 2.72 bits per heavy atom. The number of aryl methyl sites for hydroxylation is 1. The van der Waals surface area contributed by atoms with E-state index >= 15 is 0 Å². The molecule has 1 heterocycles. The summed E-state index contributed by atoms with van der Waals surface area (Å²) in [6, 6.07) is 6.17. The van der Waals surface area contributed by atoms with Crippen LogP contribution in [0.4, 0.5) is 0 Å². The molecule has 2 nitrogen and oxygen atoms in total. The first-order chi connectivity index (χ1) is 8.63. The molecule has 0 saturated heterocycles. The molecule has 1 aromatic heterocycles. The third-order valence-corrected chi connectivity index (χ3v) is 4.59.